The second-order valence-electron chi connectivity index (χ2n) is 5.33. The SMILES string of the molecule is CCc1ccc(NCCC(=O)Nc2ccc(CC)cc2)cc1. The van der Waals surface area contributed by atoms with E-state index < -0.39 is 0 Å². The molecule has 0 saturated carbocycles. The van der Waals surface area contributed by atoms with Crippen LogP contribution in [0.3, 0.4) is 0 Å². The smallest absolute Gasteiger partial charge is 0.226 e. The predicted molar refractivity (Wildman–Crippen MR) is 93.4 cm³/mol. The zero-order valence-corrected chi connectivity index (χ0v) is 13.4. The fraction of sp³-hybridized carbons (Fsp3) is 0.316. The zero-order chi connectivity index (χ0) is 15.8. The van der Waals surface area contributed by atoms with Gasteiger partial charge in [-0.3, -0.25) is 4.79 Å². The van der Waals surface area contributed by atoms with Gasteiger partial charge < -0.3 is 10.6 Å². The van der Waals surface area contributed by atoms with Crippen molar-refractivity contribution in [1.82, 2.24) is 0 Å². The minimum absolute atomic E-state index is 0.0296. The average Bonchev–Trinajstić information content (AvgIpc) is 2.56. The van der Waals surface area contributed by atoms with Gasteiger partial charge in [0.05, 0.1) is 0 Å². The first-order valence-electron chi connectivity index (χ1n) is 7.93. The van der Waals surface area contributed by atoms with Crippen molar-refractivity contribution in [3.63, 3.8) is 0 Å². The molecule has 0 aliphatic carbocycles. The van der Waals surface area contributed by atoms with Crippen LogP contribution < -0.4 is 10.6 Å². The van der Waals surface area contributed by atoms with Crippen LogP contribution >= 0.6 is 0 Å². The Kier molecular flexibility index (Phi) is 6.01. The van der Waals surface area contributed by atoms with E-state index in [0.717, 1.165) is 24.2 Å². The van der Waals surface area contributed by atoms with Crippen molar-refractivity contribution in [1.29, 1.82) is 0 Å². The van der Waals surface area contributed by atoms with Crippen LogP contribution in [0.15, 0.2) is 48.5 Å². The lowest BCUT2D eigenvalue weighted by molar-refractivity contribution is -0.115. The lowest BCUT2D eigenvalue weighted by Crippen LogP contribution is -2.16. The molecule has 0 heterocycles. The summed E-state index contributed by atoms with van der Waals surface area (Å²) in [5.41, 5.74) is 4.50. The zero-order valence-electron chi connectivity index (χ0n) is 13.4. The van der Waals surface area contributed by atoms with Crippen LogP contribution in [0.25, 0.3) is 0 Å². The molecule has 0 fully saturated rings. The Labute approximate surface area is 132 Å². The van der Waals surface area contributed by atoms with Crippen LogP contribution in [0.1, 0.15) is 31.4 Å². The van der Waals surface area contributed by atoms with E-state index in [9.17, 15) is 4.79 Å². The summed E-state index contributed by atoms with van der Waals surface area (Å²) in [6.45, 7) is 4.89. The summed E-state index contributed by atoms with van der Waals surface area (Å²) in [6.07, 6.45) is 2.50. The number of hydrogen-bond donors (Lipinski definition) is 2. The van der Waals surface area contributed by atoms with Gasteiger partial charge in [-0.05, 0) is 48.2 Å². The highest BCUT2D eigenvalue weighted by Crippen LogP contribution is 2.11. The predicted octanol–water partition coefficient (Wildman–Crippen LogP) is 4.25. The lowest BCUT2D eigenvalue weighted by Gasteiger charge is -2.08. The van der Waals surface area contributed by atoms with E-state index in [1.807, 2.05) is 24.3 Å². The van der Waals surface area contributed by atoms with Gasteiger partial charge in [0, 0.05) is 24.3 Å². The number of anilines is 2. The number of rotatable bonds is 7. The largest absolute Gasteiger partial charge is 0.385 e. The maximum absolute atomic E-state index is 11.9. The molecule has 3 heteroatoms. The summed E-state index contributed by atoms with van der Waals surface area (Å²) >= 11 is 0. The highest BCUT2D eigenvalue weighted by atomic mass is 16.1. The second kappa shape index (κ2) is 8.23. The number of hydrogen-bond acceptors (Lipinski definition) is 2. The number of amides is 1. The summed E-state index contributed by atoms with van der Waals surface area (Å²) in [4.78, 5) is 11.9. The summed E-state index contributed by atoms with van der Waals surface area (Å²) in [5, 5.41) is 6.19. The van der Waals surface area contributed by atoms with Gasteiger partial charge in [0.1, 0.15) is 0 Å². The van der Waals surface area contributed by atoms with E-state index in [2.05, 4.69) is 48.7 Å². The van der Waals surface area contributed by atoms with Crippen molar-refractivity contribution in [2.24, 2.45) is 0 Å². The second-order valence-corrected chi connectivity index (χ2v) is 5.33. The van der Waals surface area contributed by atoms with Gasteiger partial charge in [-0.2, -0.15) is 0 Å². The lowest BCUT2D eigenvalue weighted by atomic mass is 10.1. The first-order valence-corrected chi connectivity index (χ1v) is 7.93. The third kappa shape index (κ3) is 4.92. The van der Waals surface area contributed by atoms with Crippen molar-refractivity contribution < 1.29 is 4.79 Å². The minimum atomic E-state index is 0.0296. The molecular formula is C19H24N2O. The number of carbonyl (C=O) groups is 1. The summed E-state index contributed by atoms with van der Waals surface area (Å²) in [6, 6.07) is 16.3. The Morgan fingerprint density at radius 3 is 1.82 bits per heavy atom. The monoisotopic (exact) mass is 296 g/mol. The molecule has 0 aromatic heterocycles. The standard InChI is InChI=1S/C19H24N2O/c1-3-15-5-9-17(10-6-15)20-14-13-19(22)21-18-11-7-16(4-2)8-12-18/h5-12,20H,3-4,13-14H2,1-2H3,(H,21,22). The minimum Gasteiger partial charge on any atom is -0.385 e. The topological polar surface area (TPSA) is 41.1 Å². The van der Waals surface area contributed by atoms with E-state index >= 15 is 0 Å². The van der Waals surface area contributed by atoms with Crippen LogP contribution in [-0.2, 0) is 17.6 Å². The summed E-state index contributed by atoms with van der Waals surface area (Å²) in [7, 11) is 0. The third-order valence-electron chi connectivity index (χ3n) is 3.69. The number of benzene rings is 2. The van der Waals surface area contributed by atoms with E-state index in [4.69, 9.17) is 0 Å². The van der Waals surface area contributed by atoms with Crippen LogP contribution in [0.4, 0.5) is 11.4 Å². The normalized spacial score (nSPS) is 10.3. The van der Waals surface area contributed by atoms with Crippen LogP contribution in [-0.4, -0.2) is 12.5 Å². The van der Waals surface area contributed by atoms with Gasteiger partial charge in [0.15, 0.2) is 0 Å². The maximum Gasteiger partial charge on any atom is 0.226 e. The van der Waals surface area contributed by atoms with Gasteiger partial charge in [0.2, 0.25) is 5.91 Å². The van der Waals surface area contributed by atoms with Gasteiger partial charge in [-0.15, -0.1) is 0 Å². The van der Waals surface area contributed by atoms with Gasteiger partial charge in [-0.1, -0.05) is 38.1 Å². The Morgan fingerprint density at radius 2 is 1.32 bits per heavy atom. The van der Waals surface area contributed by atoms with Crippen LogP contribution in [0.5, 0.6) is 0 Å². The van der Waals surface area contributed by atoms with E-state index in [0.29, 0.717) is 13.0 Å². The summed E-state index contributed by atoms with van der Waals surface area (Å²) in [5.74, 6) is 0.0296. The van der Waals surface area contributed by atoms with E-state index in [1.54, 1.807) is 0 Å². The molecule has 1 amide bonds. The Balaban J connectivity index is 1.74. The van der Waals surface area contributed by atoms with Crippen molar-refractivity contribution in [2.75, 3.05) is 17.2 Å². The maximum atomic E-state index is 11.9. The molecule has 0 atom stereocenters. The molecule has 0 aliphatic heterocycles. The fourth-order valence-corrected chi connectivity index (χ4v) is 2.23. The first kappa shape index (κ1) is 16.1. The van der Waals surface area contributed by atoms with Gasteiger partial charge in [-0.25, -0.2) is 0 Å². The average molecular weight is 296 g/mol. The number of nitrogens with one attached hydrogen (secondary N) is 2. The van der Waals surface area contributed by atoms with Gasteiger partial charge >= 0.3 is 0 Å². The molecule has 2 N–H and O–H groups in total. The molecule has 0 saturated heterocycles. The fourth-order valence-electron chi connectivity index (χ4n) is 2.23. The molecule has 22 heavy (non-hydrogen) atoms. The number of carbonyl (C=O) groups excluding carboxylic acids is 1. The van der Waals surface area contributed by atoms with Gasteiger partial charge in [0.25, 0.3) is 0 Å². The van der Waals surface area contributed by atoms with E-state index in [1.165, 1.54) is 11.1 Å². The summed E-state index contributed by atoms with van der Waals surface area (Å²) < 4.78 is 0. The molecule has 3 nitrogen and oxygen atoms in total. The van der Waals surface area contributed by atoms with Crippen molar-refractivity contribution in [3.05, 3.63) is 59.7 Å². The molecule has 2 rings (SSSR count). The van der Waals surface area contributed by atoms with Crippen molar-refractivity contribution in [3.8, 4) is 0 Å². The molecule has 0 bridgehead atoms. The molecule has 116 valence electrons. The van der Waals surface area contributed by atoms with Crippen LogP contribution in [0.2, 0.25) is 0 Å². The van der Waals surface area contributed by atoms with Crippen LogP contribution in [0, 0.1) is 0 Å². The molecule has 0 spiro atoms. The highest BCUT2D eigenvalue weighted by Gasteiger charge is 2.02. The van der Waals surface area contributed by atoms with Crippen molar-refractivity contribution in [2.45, 2.75) is 33.1 Å². The Bertz CT molecular complexity index is 588. The highest BCUT2D eigenvalue weighted by molar-refractivity contribution is 5.90. The number of aryl methyl sites for hydroxylation is 2. The molecule has 0 unspecified atom stereocenters. The third-order valence-corrected chi connectivity index (χ3v) is 3.69. The molecule has 2 aromatic carbocycles. The molecule has 2 aromatic rings. The Hall–Kier alpha value is -2.29. The van der Waals surface area contributed by atoms with Crippen molar-refractivity contribution >= 4 is 17.3 Å². The molecule has 0 radical (unpaired) electrons. The first-order chi connectivity index (χ1) is 10.7. The quantitative estimate of drug-likeness (QED) is 0.802. The molecular weight excluding hydrogens is 272 g/mol. The van der Waals surface area contributed by atoms with E-state index in [-0.39, 0.29) is 5.91 Å². The molecule has 0 aliphatic rings. The Morgan fingerprint density at radius 1 is 0.818 bits per heavy atom.